The van der Waals surface area contributed by atoms with Crippen molar-refractivity contribution in [3.63, 3.8) is 0 Å². The summed E-state index contributed by atoms with van der Waals surface area (Å²) in [5, 5.41) is 11.8. The molecule has 1 atom stereocenters. The van der Waals surface area contributed by atoms with Crippen LogP contribution in [0.25, 0.3) is 0 Å². The average molecular weight is 337 g/mol. The number of benzene rings is 1. The van der Waals surface area contributed by atoms with E-state index in [9.17, 15) is 14.0 Å². The first-order valence-electron chi connectivity index (χ1n) is 8.16. The number of rotatable bonds is 6. The number of nitrogens with one attached hydrogen (secondary N) is 1. The highest BCUT2D eigenvalue weighted by Gasteiger charge is 2.27. The zero-order chi connectivity index (χ0) is 17.5. The molecule has 1 aliphatic rings. The number of halogens is 1. The van der Waals surface area contributed by atoms with E-state index in [0.717, 1.165) is 13.1 Å². The molecular formula is C17H24FN3O3. The van der Waals surface area contributed by atoms with Crippen molar-refractivity contribution in [2.75, 3.05) is 39.8 Å². The Bertz CT molecular complexity index is 557. The van der Waals surface area contributed by atoms with Crippen molar-refractivity contribution in [3.05, 3.63) is 35.6 Å². The Hall–Kier alpha value is -1.99. The van der Waals surface area contributed by atoms with Crippen LogP contribution in [0, 0.1) is 5.82 Å². The largest absolute Gasteiger partial charge is 0.396 e. The van der Waals surface area contributed by atoms with Gasteiger partial charge >= 0.3 is 0 Å². The Balaban J connectivity index is 2.02. The van der Waals surface area contributed by atoms with Crippen molar-refractivity contribution in [2.45, 2.75) is 18.9 Å². The maximum Gasteiger partial charge on any atom is 0.251 e. The number of carbonyl (C=O) groups is 2. The summed E-state index contributed by atoms with van der Waals surface area (Å²) in [5.41, 5.74) is 0.302. The lowest BCUT2D eigenvalue weighted by atomic mass is 10.1. The monoisotopic (exact) mass is 337 g/mol. The lowest BCUT2D eigenvalue weighted by molar-refractivity contribution is -0.135. The molecule has 1 fully saturated rings. The predicted octanol–water partition coefficient (Wildman–Crippen LogP) is 0.471. The molecule has 1 saturated heterocycles. The van der Waals surface area contributed by atoms with Gasteiger partial charge in [-0.25, -0.2) is 4.39 Å². The summed E-state index contributed by atoms with van der Waals surface area (Å²) in [4.78, 5) is 28.9. The predicted molar refractivity (Wildman–Crippen MR) is 88.1 cm³/mol. The van der Waals surface area contributed by atoms with Crippen molar-refractivity contribution >= 4 is 11.8 Å². The quantitative estimate of drug-likeness (QED) is 0.792. The number of nitrogens with zero attached hydrogens (tertiary/aromatic N) is 2. The Kier molecular flexibility index (Phi) is 6.69. The number of hydrogen-bond acceptors (Lipinski definition) is 4. The van der Waals surface area contributed by atoms with Crippen molar-refractivity contribution in [2.24, 2.45) is 0 Å². The minimum atomic E-state index is -0.682. The van der Waals surface area contributed by atoms with Crippen LogP contribution in [-0.4, -0.2) is 72.6 Å². The van der Waals surface area contributed by atoms with Gasteiger partial charge < -0.3 is 20.2 Å². The molecule has 0 bridgehead atoms. The fraction of sp³-hybridized carbons (Fsp3) is 0.529. The van der Waals surface area contributed by atoms with Gasteiger partial charge in [-0.1, -0.05) is 0 Å². The van der Waals surface area contributed by atoms with Gasteiger partial charge in [0.15, 0.2) is 0 Å². The summed E-state index contributed by atoms with van der Waals surface area (Å²) in [5.74, 6) is -0.968. The molecule has 1 aromatic carbocycles. The van der Waals surface area contributed by atoms with Crippen LogP contribution in [0.1, 0.15) is 23.2 Å². The Morgan fingerprint density at radius 3 is 2.42 bits per heavy atom. The lowest BCUT2D eigenvalue weighted by Crippen LogP contribution is -2.54. The number of amides is 2. The van der Waals surface area contributed by atoms with E-state index in [1.807, 2.05) is 7.05 Å². The summed E-state index contributed by atoms with van der Waals surface area (Å²) >= 11 is 0. The third-order valence-electron chi connectivity index (χ3n) is 4.18. The molecule has 0 aromatic heterocycles. The van der Waals surface area contributed by atoms with Crippen LogP contribution in [-0.2, 0) is 4.79 Å². The van der Waals surface area contributed by atoms with Crippen molar-refractivity contribution in [1.82, 2.24) is 15.1 Å². The van der Waals surface area contributed by atoms with E-state index in [-0.39, 0.29) is 12.5 Å². The fourth-order valence-electron chi connectivity index (χ4n) is 2.64. The number of carbonyl (C=O) groups excluding carboxylic acids is 2. The van der Waals surface area contributed by atoms with Crippen molar-refractivity contribution in [3.8, 4) is 0 Å². The zero-order valence-electron chi connectivity index (χ0n) is 13.9. The summed E-state index contributed by atoms with van der Waals surface area (Å²) in [6.45, 7) is 2.79. The molecule has 2 amide bonds. The van der Waals surface area contributed by atoms with Crippen LogP contribution >= 0.6 is 0 Å². The first kappa shape index (κ1) is 18.4. The lowest BCUT2D eigenvalue weighted by Gasteiger charge is -2.34. The molecule has 2 N–H and O–H groups in total. The maximum atomic E-state index is 13.0. The average Bonchev–Trinajstić information content (AvgIpc) is 2.59. The summed E-state index contributed by atoms with van der Waals surface area (Å²) in [6.07, 6.45) is 0.794. The van der Waals surface area contributed by atoms with Gasteiger partial charge in [-0.15, -0.1) is 0 Å². The van der Waals surface area contributed by atoms with Gasteiger partial charge in [0.1, 0.15) is 11.9 Å². The minimum Gasteiger partial charge on any atom is -0.396 e. The second kappa shape index (κ2) is 8.75. The molecule has 0 saturated carbocycles. The normalized spacial score (nSPS) is 16.7. The molecule has 6 nitrogen and oxygen atoms in total. The molecule has 1 aliphatic heterocycles. The molecule has 132 valence electrons. The minimum absolute atomic E-state index is 0.0427. The molecule has 2 rings (SSSR count). The molecule has 7 heteroatoms. The van der Waals surface area contributed by atoms with E-state index in [1.165, 1.54) is 24.3 Å². The topological polar surface area (TPSA) is 72.9 Å². The second-order valence-corrected chi connectivity index (χ2v) is 6.03. The van der Waals surface area contributed by atoms with Crippen LogP contribution in [0.3, 0.4) is 0 Å². The molecule has 0 radical (unpaired) electrons. The van der Waals surface area contributed by atoms with E-state index in [4.69, 9.17) is 5.11 Å². The second-order valence-electron chi connectivity index (χ2n) is 6.03. The fourth-order valence-corrected chi connectivity index (χ4v) is 2.64. The van der Waals surface area contributed by atoms with Crippen LogP contribution in [0.2, 0.25) is 0 Å². The van der Waals surface area contributed by atoms with Gasteiger partial charge in [-0.05, 0) is 44.2 Å². The van der Waals surface area contributed by atoms with Gasteiger partial charge in [0, 0.05) is 38.3 Å². The van der Waals surface area contributed by atoms with Crippen LogP contribution < -0.4 is 5.32 Å². The highest BCUT2D eigenvalue weighted by molar-refractivity contribution is 5.97. The summed E-state index contributed by atoms with van der Waals surface area (Å²) in [6, 6.07) is 4.50. The third-order valence-corrected chi connectivity index (χ3v) is 4.18. The third kappa shape index (κ3) is 5.01. The van der Waals surface area contributed by atoms with Crippen molar-refractivity contribution < 1.29 is 19.1 Å². The number of aliphatic hydroxyl groups is 1. The van der Waals surface area contributed by atoms with Crippen LogP contribution in [0.5, 0.6) is 0 Å². The number of piperazine rings is 1. The molecule has 24 heavy (non-hydrogen) atoms. The van der Waals surface area contributed by atoms with Crippen molar-refractivity contribution in [1.29, 1.82) is 0 Å². The molecule has 1 heterocycles. The SMILES string of the molecule is CN1CCN(C(=O)C(CCCO)NC(=O)c2ccc(F)cc2)CC1. The standard InChI is InChI=1S/C17H24FN3O3/c1-20-8-10-21(11-9-20)17(24)15(3-2-12-22)19-16(23)13-4-6-14(18)7-5-13/h4-7,15,22H,2-3,8-12H2,1H3,(H,19,23). The highest BCUT2D eigenvalue weighted by Crippen LogP contribution is 2.09. The first-order chi connectivity index (χ1) is 11.5. The first-order valence-corrected chi connectivity index (χ1v) is 8.16. The van der Waals surface area contributed by atoms with Gasteiger partial charge in [-0.3, -0.25) is 9.59 Å². The smallest absolute Gasteiger partial charge is 0.251 e. The van der Waals surface area contributed by atoms with E-state index in [0.29, 0.717) is 31.5 Å². The zero-order valence-corrected chi connectivity index (χ0v) is 13.9. The van der Waals surface area contributed by atoms with Crippen LogP contribution in [0.15, 0.2) is 24.3 Å². The van der Waals surface area contributed by atoms with Gasteiger partial charge in [0.2, 0.25) is 5.91 Å². The van der Waals surface area contributed by atoms with Gasteiger partial charge in [0.05, 0.1) is 0 Å². The highest BCUT2D eigenvalue weighted by atomic mass is 19.1. The molecule has 1 unspecified atom stereocenters. The van der Waals surface area contributed by atoms with Gasteiger partial charge in [-0.2, -0.15) is 0 Å². The summed E-state index contributed by atoms with van der Waals surface area (Å²) in [7, 11) is 2.00. The Labute approximate surface area is 141 Å². The molecule has 1 aromatic rings. The number of aliphatic hydroxyl groups excluding tert-OH is 1. The number of hydrogen-bond donors (Lipinski definition) is 2. The molecule has 0 aliphatic carbocycles. The van der Waals surface area contributed by atoms with E-state index in [1.54, 1.807) is 4.90 Å². The van der Waals surface area contributed by atoms with E-state index in [2.05, 4.69) is 10.2 Å². The number of likely N-dealkylation sites (N-methyl/N-ethyl adjacent to an activating group) is 1. The molecular weight excluding hydrogens is 313 g/mol. The van der Waals surface area contributed by atoms with E-state index >= 15 is 0 Å². The summed E-state index contributed by atoms with van der Waals surface area (Å²) < 4.78 is 13.0. The van der Waals surface area contributed by atoms with E-state index < -0.39 is 17.8 Å². The van der Waals surface area contributed by atoms with Crippen LogP contribution in [0.4, 0.5) is 4.39 Å². The maximum absolute atomic E-state index is 13.0. The Morgan fingerprint density at radius 1 is 1.21 bits per heavy atom. The molecule has 0 spiro atoms. The Morgan fingerprint density at radius 2 is 1.83 bits per heavy atom. The van der Waals surface area contributed by atoms with Gasteiger partial charge in [0.25, 0.3) is 5.91 Å².